The minimum atomic E-state index is -3.55. The molecule has 2 heterocycles. The molecule has 19 heavy (non-hydrogen) atoms. The third-order valence-electron chi connectivity index (χ3n) is 3.49. The molecule has 0 saturated carbocycles. The van der Waals surface area contributed by atoms with E-state index < -0.39 is 16.2 Å². The minimum Gasteiger partial charge on any atom is -0.334 e. The van der Waals surface area contributed by atoms with Gasteiger partial charge in [0.1, 0.15) is 5.82 Å². The van der Waals surface area contributed by atoms with Crippen LogP contribution in [0.1, 0.15) is 38.4 Å². The van der Waals surface area contributed by atoms with Crippen LogP contribution in [0.3, 0.4) is 0 Å². The summed E-state index contributed by atoms with van der Waals surface area (Å²) in [5.41, 5.74) is 5.92. The molecule has 0 spiro atoms. The fraction of sp³-hybridized carbons (Fsp3) is 0.750. The standard InChI is InChI=1S/C12H22N4O2S/c1-3-7-15-9-12(14-10(15)2)19(17,18)16-8-5-4-6-11(16)13/h9,11H,3-8,13H2,1-2H3. The Morgan fingerprint density at radius 1 is 1.47 bits per heavy atom. The van der Waals surface area contributed by atoms with Gasteiger partial charge in [0.15, 0.2) is 5.03 Å². The van der Waals surface area contributed by atoms with Crippen molar-refractivity contribution in [1.82, 2.24) is 13.9 Å². The molecule has 2 N–H and O–H groups in total. The molecule has 1 aromatic rings. The number of nitrogens with zero attached hydrogens (tertiary/aromatic N) is 3. The molecule has 1 fully saturated rings. The van der Waals surface area contributed by atoms with E-state index in [2.05, 4.69) is 4.98 Å². The lowest BCUT2D eigenvalue weighted by atomic mass is 10.1. The van der Waals surface area contributed by atoms with E-state index >= 15 is 0 Å². The summed E-state index contributed by atoms with van der Waals surface area (Å²) in [7, 11) is -3.55. The van der Waals surface area contributed by atoms with E-state index in [-0.39, 0.29) is 5.03 Å². The van der Waals surface area contributed by atoms with Gasteiger partial charge in [-0.3, -0.25) is 0 Å². The van der Waals surface area contributed by atoms with Crippen molar-refractivity contribution in [3.05, 3.63) is 12.0 Å². The summed E-state index contributed by atoms with van der Waals surface area (Å²) in [6.07, 6.45) is 4.71. The number of aryl methyl sites for hydroxylation is 2. The third kappa shape index (κ3) is 2.82. The van der Waals surface area contributed by atoms with Crippen molar-refractivity contribution < 1.29 is 8.42 Å². The van der Waals surface area contributed by atoms with E-state index in [1.165, 1.54) is 4.31 Å². The molecule has 0 aliphatic carbocycles. The molecule has 1 aromatic heterocycles. The van der Waals surface area contributed by atoms with Gasteiger partial charge in [0.25, 0.3) is 10.0 Å². The first kappa shape index (κ1) is 14.5. The smallest absolute Gasteiger partial charge is 0.263 e. The van der Waals surface area contributed by atoms with Crippen molar-refractivity contribution in [2.45, 2.75) is 57.3 Å². The number of nitrogens with two attached hydrogens (primary N) is 1. The second-order valence-electron chi connectivity index (χ2n) is 5.00. The molecule has 0 aromatic carbocycles. The maximum absolute atomic E-state index is 12.5. The fourth-order valence-corrected chi connectivity index (χ4v) is 4.00. The second kappa shape index (κ2) is 5.60. The highest BCUT2D eigenvalue weighted by molar-refractivity contribution is 7.89. The van der Waals surface area contributed by atoms with Gasteiger partial charge in [0.2, 0.25) is 0 Å². The van der Waals surface area contributed by atoms with Crippen molar-refractivity contribution in [2.24, 2.45) is 5.73 Å². The number of hydrogen-bond donors (Lipinski definition) is 1. The Labute approximate surface area is 114 Å². The van der Waals surface area contributed by atoms with Gasteiger partial charge < -0.3 is 10.3 Å². The summed E-state index contributed by atoms with van der Waals surface area (Å²) in [6, 6.07) is 0. The van der Waals surface area contributed by atoms with Crippen LogP contribution in [0, 0.1) is 6.92 Å². The summed E-state index contributed by atoms with van der Waals surface area (Å²) in [4.78, 5) is 4.19. The van der Waals surface area contributed by atoms with E-state index in [0.717, 1.165) is 31.6 Å². The molecule has 0 radical (unpaired) electrons. The van der Waals surface area contributed by atoms with Crippen LogP contribution >= 0.6 is 0 Å². The first-order chi connectivity index (χ1) is 8.96. The Morgan fingerprint density at radius 3 is 2.84 bits per heavy atom. The van der Waals surface area contributed by atoms with Gasteiger partial charge in [-0.05, 0) is 32.6 Å². The van der Waals surface area contributed by atoms with Gasteiger partial charge in [0, 0.05) is 19.3 Å². The lowest BCUT2D eigenvalue weighted by molar-refractivity contribution is 0.257. The summed E-state index contributed by atoms with van der Waals surface area (Å²) in [5.74, 6) is 0.728. The number of piperidine rings is 1. The minimum absolute atomic E-state index is 0.121. The average Bonchev–Trinajstić information content (AvgIpc) is 2.73. The zero-order chi connectivity index (χ0) is 14.0. The number of hydrogen-bond acceptors (Lipinski definition) is 4. The lowest BCUT2D eigenvalue weighted by Crippen LogP contribution is -2.48. The van der Waals surface area contributed by atoms with Gasteiger partial charge in [-0.25, -0.2) is 13.4 Å². The summed E-state index contributed by atoms with van der Waals surface area (Å²) in [6.45, 7) is 5.14. The summed E-state index contributed by atoms with van der Waals surface area (Å²) in [5, 5.41) is 0.121. The third-order valence-corrected chi connectivity index (χ3v) is 5.29. The zero-order valence-corrected chi connectivity index (χ0v) is 12.4. The van der Waals surface area contributed by atoms with Crippen molar-refractivity contribution in [3.8, 4) is 0 Å². The van der Waals surface area contributed by atoms with Crippen molar-refractivity contribution in [2.75, 3.05) is 6.54 Å². The average molecular weight is 286 g/mol. The zero-order valence-electron chi connectivity index (χ0n) is 11.5. The van der Waals surface area contributed by atoms with Crippen molar-refractivity contribution >= 4 is 10.0 Å². The van der Waals surface area contributed by atoms with Crippen LogP contribution in [0.15, 0.2) is 11.2 Å². The fourth-order valence-electron chi connectivity index (χ4n) is 2.42. The highest BCUT2D eigenvalue weighted by Crippen LogP contribution is 2.22. The Morgan fingerprint density at radius 2 is 2.21 bits per heavy atom. The quantitative estimate of drug-likeness (QED) is 0.897. The molecule has 108 valence electrons. The van der Waals surface area contributed by atoms with Gasteiger partial charge in [-0.2, -0.15) is 4.31 Å². The predicted octanol–water partition coefficient (Wildman–Crippen LogP) is 1.06. The Bertz CT molecular complexity index is 538. The predicted molar refractivity (Wildman–Crippen MR) is 73.0 cm³/mol. The van der Waals surface area contributed by atoms with E-state index in [1.54, 1.807) is 6.20 Å². The SMILES string of the molecule is CCCn1cc(S(=O)(=O)N2CCCCC2N)nc1C. The normalized spacial score (nSPS) is 21.7. The molecular formula is C12H22N4O2S. The van der Waals surface area contributed by atoms with Crippen molar-refractivity contribution in [3.63, 3.8) is 0 Å². The molecule has 0 amide bonds. The number of imidazole rings is 1. The molecule has 1 atom stereocenters. The van der Waals surface area contributed by atoms with E-state index in [9.17, 15) is 8.42 Å². The van der Waals surface area contributed by atoms with Crippen LogP contribution in [-0.4, -0.2) is 35.0 Å². The Balaban J connectivity index is 2.30. The topological polar surface area (TPSA) is 81.2 Å². The van der Waals surface area contributed by atoms with Crippen LogP contribution in [0.2, 0.25) is 0 Å². The monoisotopic (exact) mass is 286 g/mol. The van der Waals surface area contributed by atoms with Crippen molar-refractivity contribution in [1.29, 1.82) is 0 Å². The first-order valence-corrected chi connectivity index (χ1v) is 8.22. The number of rotatable bonds is 4. The van der Waals surface area contributed by atoms with Crippen LogP contribution < -0.4 is 5.73 Å². The molecule has 0 bridgehead atoms. The summed E-state index contributed by atoms with van der Waals surface area (Å²) < 4.78 is 28.3. The number of aromatic nitrogens is 2. The molecule has 7 heteroatoms. The molecule has 2 rings (SSSR count). The highest BCUT2D eigenvalue weighted by Gasteiger charge is 2.33. The maximum atomic E-state index is 12.5. The molecule has 1 saturated heterocycles. The van der Waals surface area contributed by atoms with Gasteiger partial charge in [-0.15, -0.1) is 0 Å². The highest BCUT2D eigenvalue weighted by atomic mass is 32.2. The Kier molecular flexibility index (Phi) is 4.27. The van der Waals surface area contributed by atoms with Gasteiger partial charge in [-0.1, -0.05) is 6.92 Å². The van der Waals surface area contributed by atoms with Gasteiger partial charge >= 0.3 is 0 Å². The molecule has 1 aliphatic rings. The molecule has 6 nitrogen and oxygen atoms in total. The Hall–Kier alpha value is -0.920. The van der Waals surface area contributed by atoms with E-state index in [0.29, 0.717) is 13.0 Å². The van der Waals surface area contributed by atoms with Crippen LogP contribution in [0.25, 0.3) is 0 Å². The van der Waals surface area contributed by atoms with E-state index in [4.69, 9.17) is 5.73 Å². The lowest BCUT2D eigenvalue weighted by Gasteiger charge is -2.31. The van der Waals surface area contributed by atoms with Gasteiger partial charge in [0.05, 0.1) is 6.17 Å². The maximum Gasteiger partial charge on any atom is 0.263 e. The molecular weight excluding hydrogens is 264 g/mol. The van der Waals surface area contributed by atoms with Crippen LogP contribution in [0.5, 0.6) is 0 Å². The van der Waals surface area contributed by atoms with Crippen LogP contribution in [0.4, 0.5) is 0 Å². The van der Waals surface area contributed by atoms with E-state index in [1.807, 2.05) is 18.4 Å². The van der Waals surface area contributed by atoms with Crippen LogP contribution in [-0.2, 0) is 16.6 Å². The largest absolute Gasteiger partial charge is 0.334 e. The number of sulfonamides is 1. The molecule has 1 aliphatic heterocycles. The second-order valence-corrected chi connectivity index (χ2v) is 6.84. The first-order valence-electron chi connectivity index (χ1n) is 6.78. The molecule has 1 unspecified atom stereocenters. The summed E-state index contributed by atoms with van der Waals surface area (Å²) >= 11 is 0.